The van der Waals surface area contributed by atoms with Crippen LogP contribution in [0.2, 0.25) is 0 Å². The molecule has 27 heavy (non-hydrogen) atoms. The lowest BCUT2D eigenvalue weighted by atomic mass is 10.1. The molecule has 1 aromatic carbocycles. The summed E-state index contributed by atoms with van der Waals surface area (Å²) in [7, 11) is 0. The van der Waals surface area contributed by atoms with Crippen LogP contribution in [0.1, 0.15) is 36.8 Å². The van der Waals surface area contributed by atoms with E-state index in [9.17, 15) is 9.59 Å². The normalized spacial score (nSPS) is 13.0. The molecule has 3 rings (SSSR count). The van der Waals surface area contributed by atoms with E-state index in [0.29, 0.717) is 30.4 Å². The van der Waals surface area contributed by atoms with E-state index in [2.05, 4.69) is 15.6 Å². The summed E-state index contributed by atoms with van der Waals surface area (Å²) >= 11 is 0. The van der Waals surface area contributed by atoms with Crippen LogP contribution >= 0.6 is 0 Å². The third-order valence-electron chi connectivity index (χ3n) is 3.74. The second kappa shape index (κ2) is 7.65. The van der Waals surface area contributed by atoms with Crippen LogP contribution in [0.5, 0.6) is 11.5 Å². The van der Waals surface area contributed by atoms with Crippen molar-refractivity contribution in [1.82, 2.24) is 10.3 Å². The van der Waals surface area contributed by atoms with Gasteiger partial charge in [0.15, 0.2) is 11.5 Å². The van der Waals surface area contributed by atoms with Gasteiger partial charge in [-0.25, -0.2) is 0 Å². The molecular weight excluding hydrogens is 346 g/mol. The van der Waals surface area contributed by atoms with Crippen LogP contribution in [0, 0.1) is 0 Å². The van der Waals surface area contributed by atoms with E-state index >= 15 is 0 Å². The molecule has 1 aliphatic rings. The molecule has 0 fully saturated rings. The molecule has 2 amide bonds. The summed E-state index contributed by atoms with van der Waals surface area (Å²) in [5, 5.41) is 5.64. The van der Waals surface area contributed by atoms with Gasteiger partial charge < -0.3 is 20.1 Å². The molecule has 2 N–H and O–H groups in total. The molecule has 0 unspecified atom stereocenters. The average molecular weight is 369 g/mol. The van der Waals surface area contributed by atoms with Gasteiger partial charge in [0.1, 0.15) is 18.9 Å². The summed E-state index contributed by atoms with van der Waals surface area (Å²) in [5.41, 5.74) is 1.22. The molecule has 1 aliphatic heterocycles. The summed E-state index contributed by atoms with van der Waals surface area (Å²) < 4.78 is 11.0. The van der Waals surface area contributed by atoms with Gasteiger partial charge in [0.25, 0.3) is 5.91 Å². The quantitative estimate of drug-likeness (QED) is 0.865. The number of rotatable bonds is 4. The Morgan fingerprint density at radius 3 is 2.56 bits per heavy atom. The SMILES string of the molecule is CC(C)(C)NC(=O)c1cc(NC(=O)Cc2ccc3c(c2)OCCO3)ccn1. The van der Waals surface area contributed by atoms with Gasteiger partial charge in [-0.3, -0.25) is 14.6 Å². The first kappa shape index (κ1) is 18.7. The van der Waals surface area contributed by atoms with Crippen LogP contribution in [0.25, 0.3) is 0 Å². The number of amides is 2. The van der Waals surface area contributed by atoms with Crippen LogP contribution in [0.3, 0.4) is 0 Å². The van der Waals surface area contributed by atoms with Crippen molar-refractivity contribution in [3.63, 3.8) is 0 Å². The highest BCUT2D eigenvalue weighted by Gasteiger charge is 2.17. The molecule has 0 aliphatic carbocycles. The van der Waals surface area contributed by atoms with Crippen molar-refractivity contribution in [2.24, 2.45) is 0 Å². The van der Waals surface area contributed by atoms with Gasteiger partial charge in [-0.1, -0.05) is 6.07 Å². The molecule has 2 aromatic rings. The van der Waals surface area contributed by atoms with Crippen molar-refractivity contribution < 1.29 is 19.1 Å². The molecule has 0 saturated carbocycles. The first-order valence-corrected chi connectivity index (χ1v) is 8.77. The minimum Gasteiger partial charge on any atom is -0.486 e. The van der Waals surface area contributed by atoms with Crippen molar-refractivity contribution in [2.45, 2.75) is 32.7 Å². The highest BCUT2D eigenvalue weighted by Crippen LogP contribution is 2.30. The highest BCUT2D eigenvalue weighted by molar-refractivity contribution is 5.96. The van der Waals surface area contributed by atoms with Gasteiger partial charge in [0.2, 0.25) is 5.91 Å². The van der Waals surface area contributed by atoms with Crippen LogP contribution in [0.4, 0.5) is 5.69 Å². The lowest BCUT2D eigenvalue weighted by Crippen LogP contribution is -2.40. The Morgan fingerprint density at radius 1 is 1.07 bits per heavy atom. The second-order valence-corrected chi connectivity index (χ2v) is 7.34. The topological polar surface area (TPSA) is 89.6 Å². The largest absolute Gasteiger partial charge is 0.486 e. The molecule has 0 bridgehead atoms. The zero-order valence-electron chi connectivity index (χ0n) is 15.7. The smallest absolute Gasteiger partial charge is 0.270 e. The summed E-state index contributed by atoms with van der Waals surface area (Å²) in [5.74, 6) is 0.858. The Balaban J connectivity index is 1.64. The monoisotopic (exact) mass is 369 g/mol. The van der Waals surface area contributed by atoms with E-state index < -0.39 is 0 Å². The average Bonchev–Trinajstić information content (AvgIpc) is 2.60. The van der Waals surface area contributed by atoms with E-state index in [-0.39, 0.29) is 29.5 Å². The molecular formula is C20H23N3O4. The van der Waals surface area contributed by atoms with Crippen molar-refractivity contribution in [3.05, 3.63) is 47.8 Å². The molecule has 7 nitrogen and oxygen atoms in total. The van der Waals surface area contributed by atoms with Crippen LogP contribution in [-0.4, -0.2) is 35.6 Å². The third kappa shape index (κ3) is 5.20. The van der Waals surface area contributed by atoms with Gasteiger partial charge in [-0.05, 0) is 50.6 Å². The number of anilines is 1. The fourth-order valence-electron chi connectivity index (χ4n) is 2.63. The minimum absolute atomic E-state index is 0.183. The van der Waals surface area contributed by atoms with E-state index in [0.717, 1.165) is 5.56 Å². The molecule has 1 aromatic heterocycles. The summed E-state index contributed by atoms with van der Waals surface area (Å²) in [6.07, 6.45) is 1.68. The van der Waals surface area contributed by atoms with Crippen molar-refractivity contribution >= 4 is 17.5 Å². The summed E-state index contributed by atoms with van der Waals surface area (Å²) in [4.78, 5) is 28.6. The maximum Gasteiger partial charge on any atom is 0.270 e. The molecule has 2 heterocycles. The molecule has 7 heteroatoms. The van der Waals surface area contributed by atoms with Crippen LogP contribution < -0.4 is 20.1 Å². The van der Waals surface area contributed by atoms with Gasteiger partial charge in [0.05, 0.1) is 6.42 Å². The molecule has 0 atom stereocenters. The van der Waals surface area contributed by atoms with E-state index in [1.54, 1.807) is 18.2 Å². The van der Waals surface area contributed by atoms with E-state index in [1.807, 2.05) is 32.9 Å². The minimum atomic E-state index is -0.365. The Labute approximate surface area is 158 Å². The number of carbonyl (C=O) groups excluding carboxylic acids is 2. The fourth-order valence-corrected chi connectivity index (χ4v) is 2.63. The Hall–Kier alpha value is -3.09. The standard InChI is InChI=1S/C20H23N3O4/c1-20(2,3)23-19(25)15-12-14(6-7-21-15)22-18(24)11-13-4-5-16-17(10-13)27-9-8-26-16/h4-7,10,12H,8-9,11H2,1-3H3,(H,23,25)(H,21,22,24). The van der Waals surface area contributed by atoms with Crippen molar-refractivity contribution in [2.75, 3.05) is 18.5 Å². The van der Waals surface area contributed by atoms with Gasteiger partial charge >= 0.3 is 0 Å². The highest BCUT2D eigenvalue weighted by atomic mass is 16.6. The van der Waals surface area contributed by atoms with Crippen molar-refractivity contribution in [1.29, 1.82) is 0 Å². The first-order valence-electron chi connectivity index (χ1n) is 8.77. The molecule has 0 radical (unpaired) electrons. The predicted octanol–water partition coefficient (Wildman–Crippen LogP) is 2.56. The number of pyridine rings is 1. The number of aromatic nitrogens is 1. The number of hydrogen-bond acceptors (Lipinski definition) is 5. The summed E-state index contributed by atoms with van der Waals surface area (Å²) in [6, 6.07) is 8.65. The molecule has 0 saturated heterocycles. The number of benzene rings is 1. The first-order chi connectivity index (χ1) is 12.8. The second-order valence-electron chi connectivity index (χ2n) is 7.34. The Morgan fingerprint density at radius 2 is 1.81 bits per heavy atom. The fraction of sp³-hybridized carbons (Fsp3) is 0.350. The van der Waals surface area contributed by atoms with Crippen LogP contribution in [-0.2, 0) is 11.2 Å². The van der Waals surface area contributed by atoms with Crippen molar-refractivity contribution in [3.8, 4) is 11.5 Å². The van der Waals surface area contributed by atoms with Gasteiger partial charge in [0, 0.05) is 17.4 Å². The predicted molar refractivity (Wildman–Crippen MR) is 101 cm³/mol. The maximum absolute atomic E-state index is 12.4. The number of carbonyl (C=O) groups is 2. The summed E-state index contributed by atoms with van der Waals surface area (Å²) in [6.45, 7) is 6.71. The zero-order valence-corrected chi connectivity index (χ0v) is 15.7. The van der Waals surface area contributed by atoms with Crippen LogP contribution in [0.15, 0.2) is 36.5 Å². The van der Waals surface area contributed by atoms with E-state index in [4.69, 9.17) is 9.47 Å². The number of fused-ring (bicyclic) bond motifs is 1. The lowest BCUT2D eigenvalue weighted by molar-refractivity contribution is -0.115. The van der Waals surface area contributed by atoms with Gasteiger partial charge in [-0.15, -0.1) is 0 Å². The molecule has 142 valence electrons. The Bertz CT molecular complexity index is 859. The number of nitrogens with one attached hydrogen (secondary N) is 2. The molecule has 0 spiro atoms. The third-order valence-corrected chi connectivity index (χ3v) is 3.74. The zero-order chi connectivity index (χ0) is 19.4. The van der Waals surface area contributed by atoms with E-state index in [1.165, 1.54) is 6.20 Å². The number of ether oxygens (including phenoxy) is 2. The lowest BCUT2D eigenvalue weighted by Gasteiger charge is -2.20. The maximum atomic E-state index is 12.4. The number of hydrogen-bond donors (Lipinski definition) is 2. The Kier molecular flexibility index (Phi) is 5.30. The van der Waals surface area contributed by atoms with Gasteiger partial charge in [-0.2, -0.15) is 0 Å². The number of nitrogens with zero attached hydrogens (tertiary/aromatic N) is 1.